The predicted molar refractivity (Wildman–Crippen MR) is 105 cm³/mol. The van der Waals surface area contributed by atoms with Gasteiger partial charge in [0.05, 0.1) is 13.7 Å². The molecule has 6 nitrogen and oxygen atoms in total. The third-order valence-corrected chi connectivity index (χ3v) is 5.72. The van der Waals surface area contributed by atoms with Gasteiger partial charge in [-0.25, -0.2) is 4.39 Å². The average molecular weight is 391 g/mol. The number of piperidine rings is 1. The van der Waals surface area contributed by atoms with Crippen LogP contribution in [0.15, 0.2) is 18.2 Å². The van der Waals surface area contributed by atoms with Gasteiger partial charge in [-0.15, -0.1) is 0 Å². The summed E-state index contributed by atoms with van der Waals surface area (Å²) >= 11 is 0. The van der Waals surface area contributed by atoms with Crippen LogP contribution in [-0.4, -0.2) is 56.0 Å². The fourth-order valence-corrected chi connectivity index (χ4v) is 4.05. The van der Waals surface area contributed by atoms with Crippen LogP contribution in [0.2, 0.25) is 0 Å². The summed E-state index contributed by atoms with van der Waals surface area (Å²) in [5.74, 6) is 0.0338. The molecule has 1 aromatic rings. The molecular weight excluding hydrogens is 361 g/mol. The minimum Gasteiger partial charge on any atom is -0.497 e. The van der Waals surface area contributed by atoms with E-state index in [0.717, 1.165) is 38.8 Å². The van der Waals surface area contributed by atoms with Gasteiger partial charge >= 0.3 is 0 Å². The van der Waals surface area contributed by atoms with Crippen molar-refractivity contribution in [2.75, 3.05) is 33.3 Å². The zero-order valence-corrected chi connectivity index (χ0v) is 16.5. The highest BCUT2D eigenvalue weighted by atomic mass is 19.1. The highest BCUT2D eigenvalue weighted by Crippen LogP contribution is 2.19. The van der Waals surface area contributed by atoms with Crippen molar-refractivity contribution >= 4 is 11.8 Å². The molecule has 1 saturated carbocycles. The summed E-state index contributed by atoms with van der Waals surface area (Å²) in [6.45, 7) is 2.72. The van der Waals surface area contributed by atoms with Crippen molar-refractivity contribution in [2.24, 2.45) is 5.92 Å². The van der Waals surface area contributed by atoms with E-state index in [9.17, 15) is 14.0 Å². The number of carbonyl (C=O) groups excluding carboxylic acids is 2. The maximum absolute atomic E-state index is 13.5. The molecule has 2 N–H and O–H groups in total. The molecule has 0 radical (unpaired) electrons. The second-order valence-electron chi connectivity index (χ2n) is 7.86. The molecule has 0 unspecified atom stereocenters. The number of halogens is 1. The van der Waals surface area contributed by atoms with Gasteiger partial charge in [0.2, 0.25) is 5.91 Å². The quantitative estimate of drug-likeness (QED) is 0.749. The van der Waals surface area contributed by atoms with E-state index in [4.69, 9.17) is 4.74 Å². The standard InChI is InChI=1S/C21H30FN3O3/c1-28-19-11-16(10-17(22)12-19)21(27)23-13-15-6-8-25(9-7-15)14-20(26)24-18-4-2-3-5-18/h10-12,15,18H,2-9,13-14H2,1H3,(H,23,27)(H,24,26). The highest BCUT2D eigenvalue weighted by Gasteiger charge is 2.23. The highest BCUT2D eigenvalue weighted by molar-refractivity contribution is 5.94. The number of hydrogen-bond acceptors (Lipinski definition) is 4. The first-order chi connectivity index (χ1) is 13.5. The molecule has 7 heteroatoms. The van der Waals surface area contributed by atoms with E-state index in [-0.39, 0.29) is 17.4 Å². The fraction of sp³-hybridized carbons (Fsp3) is 0.619. The zero-order chi connectivity index (χ0) is 19.9. The molecule has 2 fully saturated rings. The molecule has 0 aromatic heterocycles. The van der Waals surface area contributed by atoms with E-state index in [0.29, 0.717) is 30.8 Å². The molecule has 28 heavy (non-hydrogen) atoms. The lowest BCUT2D eigenvalue weighted by atomic mass is 9.96. The number of methoxy groups -OCH3 is 1. The summed E-state index contributed by atoms with van der Waals surface area (Å²) in [4.78, 5) is 26.6. The molecule has 2 aliphatic rings. The normalized spacial score (nSPS) is 18.8. The van der Waals surface area contributed by atoms with Crippen LogP contribution in [0, 0.1) is 11.7 Å². The summed E-state index contributed by atoms with van der Waals surface area (Å²) in [6.07, 6.45) is 6.50. The summed E-state index contributed by atoms with van der Waals surface area (Å²) < 4.78 is 18.6. The van der Waals surface area contributed by atoms with Crippen molar-refractivity contribution in [3.63, 3.8) is 0 Å². The lowest BCUT2D eigenvalue weighted by Crippen LogP contribution is -2.45. The van der Waals surface area contributed by atoms with Crippen LogP contribution in [0.5, 0.6) is 5.75 Å². The van der Waals surface area contributed by atoms with Crippen LogP contribution >= 0.6 is 0 Å². The maximum atomic E-state index is 13.5. The Hall–Kier alpha value is -2.15. The third kappa shape index (κ3) is 5.92. The Kier molecular flexibility index (Phi) is 7.25. The van der Waals surface area contributed by atoms with Gasteiger partial charge in [-0.2, -0.15) is 0 Å². The molecule has 1 heterocycles. The van der Waals surface area contributed by atoms with Gasteiger partial charge in [-0.05, 0) is 56.8 Å². The molecular formula is C21H30FN3O3. The Morgan fingerprint density at radius 1 is 1.14 bits per heavy atom. The van der Waals surface area contributed by atoms with Gasteiger partial charge in [0.25, 0.3) is 5.91 Å². The lowest BCUT2D eigenvalue weighted by molar-refractivity contribution is -0.123. The number of nitrogens with one attached hydrogen (secondary N) is 2. The van der Waals surface area contributed by atoms with E-state index in [1.165, 1.54) is 38.2 Å². The smallest absolute Gasteiger partial charge is 0.251 e. The van der Waals surface area contributed by atoms with E-state index in [1.807, 2.05) is 0 Å². The Balaban J connectivity index is 1.37. The Morgan fingerprint density at radius 2 is 1.86 bits per heavy atom. The molecule has 1 aliphatic heterocycles. The topological polar surface area (TPSA) is 70.7 Å². The summed E-state index contributed by atoms with van der Waals surface area (Å²) in [5.41, 5.74) is 0.262. The number of benzene rings is 1. The van der Waals surface area contributed by atoms with E-state index >= 15 is 0 Å². The van der Waals surface area contributed by atoms with Gasteiger partial charge in [-0.3, -0.25) is 14.5 Å². The van der Waals surface area contributed by atoms with E-state index < -0.39 is 5.82 Å². The van der Waals surface area contributed by atoms with Crippen molar-refractivity contribution in [1.29, 1.82) is 0 Å². The van der Waals surface area contributed by atoms with E-state index in [1.54, 1.807) is 0 Å². The number of ether oxygens (including phenoxy) is 1. The third-order valence-electron chi connectivity index (χ3n) is 5.72. The molecule has 1 aliphatic carbocycles. The first kappa shape index (κ1) is 20.6. The maximum Gasteiger partial charge on any atom is 0.251 e. The minimum absolute atomic E-state index is 0.124. The molecule has 154 valence electrons. The van der Waals surface area contributed by atoms with Gasteiger partial charge in [-0.1, -0.05) is 12.8 Å². The molecule has 0 atom stereocenters. The Bertz CT molecular complexity index is 683. The minimum atomic E-state index is -0.492. The van der Waals surface area contributed by atoms with Crippen LogP contribution in [0.3, 0.4) is 0 Å². The second kappa shape index (κ2) is 9.87. The molecule has 1 aromatic carbocycles. The van der Waals surface area contributed by atoms with E-state index in [2.05, 4.69) is 15.5 Å². The van der Waals surface area contributed by atoms with Crippen LogP contribution < -0.4 is 15.4 Å². The molecule has 1 saturated heterocycles. The van der Waals surface area contributed by atoms with Crippen LogP contribution in [0.1, 0.15) is 48.9 Å². The van der Waals surface area contributed by atoms with Gasteiger partial charge < -0.3 is 15.4 Å². The number of hydrogen-bond donors (Lipinski definition) is 2. The van der Waals surface area contributed by atoms with Gasteiger partial charge in [0.1, 0.15) is 11.6 Å². The number of amides is 2. The fourth-order valence-electron chi connectivity index (χ4n) is 4.05. The summed E-state index contributed by atoms with van der Waals surface area (Å²) in [6, 6.07) is 4.35. The number of likely N-dealkylation sites (tertiary alicyclic amines) is 1. The predicted octanol–water partition coefficient (Wildman–Crippen LogP) is 2.33. The van der Waals surface area contributed by atoms with Gasteiger partial charge in [0, 0.05) is 24.2 Å². The molecule has 0 bridgehead atoms. The number of carbonyl (C=O) groups is 2. The number of rotatable bonds is 7. The largest absolute Gasteiger partial charge is 0.497 e. The Morgan fingerprint density at radius 3 is 2.54 bits per heavy atom. The zero-order valence-electron chi connectivity index (χ0n) is 16.5. The van der Waals surface area contributed by atoms with Crippen molar-refractivity contribution in [3.8, 4) is 5.75 Å². The second-order valence-corrected chi connectivity index (χ2v) is 7.86. The average Bonchev–Trinajstić information content (AvgIpc) is 3.19. The van der Waals surface area contributed by atoms with Crippen LogP contribution in [0.4, 0.5) is 4.39 Å². The molecule has 0 spiro atoms. The SMILES string of the molecule is COc1cc(F)cc(C(=O)NCC2CCN(CC(=O)NC3CCCC3)CC2)c1. The Labute approximate surface area is 165 Å². The summed E-state index contributed by atoms with van der Waals surface area (Å²) in [7, 11) is 1.44. The van der Waals surface area contributed by atoms with Crippen molar-refractivity contribution in [2.45, 2.75) is 44.6 Å². The van der Waals surface area contributed by atoms with Crippen LogP contribution in [0.25, 0.3) is 0 Å². The van der Waals surface area contributed by atoms with Gasteiger partial charge in [0.15, 0.2) is 0 Å². The first-order valence-corrected chi connectivity index (χ1v) is 10.2. The monoisotopic (exact) mass is 391 g/mol. The van der Waals surface area contributed by atoms with Crippen molar-refractivity contribution < 1.29 is 18.7 Å². The van der Waals surface area contributed by atoms with Crippen molar-refractivity contribution in [3.05, 3.63) is 29.6 Å². The lowest BCUT2D eigenvalue weighted by Gasteiger charge is -2.31. The number of nitrogens with zero attached hydrogens (tertiary/aromatic N) is 1. The molecule has 2 amide bonds. The summed E-state index contributed by atoms with van der Waals surface area (Å²) in [5, 5.41) is 6.02. The first-order valence-electron chi connectivity index (χ1n) is 10.2. The van der Waals surface area contributed by atoms with Crippen LogP contribution in [-0.2, 0) is 4.79 Å². The van der Waals surface area contributed by atoms with Crippen molar-refractivity contribution in [1.82, 2.24) is 15.5 Å². The molecule has 3 rings (SSSR count).